The molecule has 2 aromatic carbocycles. The minimum absolute atomic E-state index is 0.0825. The van der Waals surface area contributed by atoms with E-state index in [-0.39, 0.29) is 23.3 Å². The topological polar surface area (TPSA) is 132 Å². The lowest BCUT2D eigenvalue weighted by molar-refractivity contribution is -0.123. The maximum Gasteiger partial charge on any atom is 0.232 e. The van der Waals surface area contributed by atoms with Crippen LogP contribution in [0.4, 0.5) is 11.4 Å². The Morgan fingerprint density at radius 3 is 1.93 bits per heavy atom. The van der Waals surface area contributed by atoms with Crippen LogP contribution in [-0.2, 0) is 34.7 Å². The second-order valence-corrected chi connectivity index (χ2v) is 18.8. The molecule has 0 aromatic heterocycles. The SMILES string of the molecule is CCN(c1ccc(S(=O)(=O)C2CCN(CCCN(C(=O)C3CCN(S(C)(=O)=O)CC3)c3ccc(Cl)c(Cl)c3)CC2)cc1)S(C)(=O)=O. The summed E-state index contributed by atoms with van der Waals surface area (Å²) in [6.45, 7) is 4.80. The number of hydrogen-bond donors (Lipinski definition) is 0. The summed E-state index contributed by atoms with van der Waals surface area (Å²) in [5, 5.41) is 0.170. The van der Waals surface area contributed by atoms with Crippen molar-refractivity contribution in [2.45, 2.75) is 49.2 Å². The number of anilines is 2. The van der Waals surface area contributed by atoms with Crippen LogP contribution in [0.25, 0.3) is 0 Å². The van der Waals surface area contributed by atoms with E-state index in [2.05, 4.69) is 4.90 Å². The fraction of sp³-hybridized carbons (Fsp3) is 0.567. The van der Waals surface area contributed by atoms with E-state index in [1.54, 1.807) is 30.0 Å². The van der Waals surface area contributed by atoms with Gasteiger partial charge in [-0.3, -0.25) is 9.10 Å². The normalized spacial score (nSPS) is 18.0. The first kappa shape index (κ1) is 36.9. The number of amides is 1. The first-order chi connectivity index (χ1) is 21.5. The summed E-state index contributed by atoms with van der Waals surface area (Å²) in [4.78, 5) is 17.8. The molecular formula is C30H42Cl2N4O7S3. The summed E-state index contributed by atoms with van der Waals surface area (Å²) in [5.74, 6) is -0.403. The summed E-state index contributed by atoms with van der Waals surface area (Å²) in [6.07, 6.45) is 4.72. The predicted molar refractivity (Wildman–Crippen MR) is 184 cm³/mol. The monoisotopic (exact) mass is 736 g/mol. The number of hydrogen-bond acceptors (Lipinski definition) is 8. The van der Waals surface area contributed by atoms with Crippen LogP contribution >= 0.6 is 23.2 Å². The van der Waals surface area contributed by atoms with Gasteiger partial charge >= 0.3 is 0 Å². The Morgan fingerprint density at radius 1 is 0.826 bits per heavy atom. The van der Waals surface area contributed by atoms with Gasteiger partial charge in [0, 0.05) is 37.8 Å². The van der Waals surface area contributed by atoms with Crippen LogP contribution in [0.5, 0.6) is 0 Å². The number of carbonyl (C=O) groups excluding carboxylic acids is 1. The highest BCUT2D eigenvalue weighted by atomic mass is 35.5. The molecule has 0 atom stereocenters. The summed E-state index contributed by atoms with van der Waals surface area (Å²) < 4.78 is 77.4. The molecule has 2 aliphatic rings. The number of halogens is 2. The molecule has 0 saturated carbocycles. The summed E-state index contributed by atoms with van der Waals surface area (Å²) in [5.41, 5.74) is 1.05. The summed E-state index contributed by atoms with van der Waals surface area (Å²) in [6, 6.07) is 11.1. The number of rotatable bonds is 12. The molecule has 2 aromatic rings. The molecule has 2 aliphatic heterocycles. The van der Waals surface area contributed by atoms with Gasteiger partial charge in [-0.05, 0) is 101 Å². The van der Waals surface area contributed by atoms with Crippen molar-refractivity contribution >= 4 is 70.4 Å². The van der Waals surface area contributed by atoms with E-state index < -0.39 is 35.1 Å². The number of benzene rings is 2. The average Bonchev–Trinajstić information content (AvgIpc) is 3.00. The molecule has 4 rings (SSSR count). The molecule has 11 nitrogen and oxygen atoms in total. The predicted octanol–water partition coefficient (Wildman–Crippen LogP) is 4.11. The van der Waals surface area contributed by atoms with E-state index in [1.165, 1.54) is 39.1 Å². The second kappa shape index (κ2) is 15.1. The first-order valence-corrected chi connectivity index (χ1v) is 21.3. The van der Waals surface area contributed by atoms with Crippen molar-refractivity contribution in [2.75, 3.05) is 67.5 Å². The second-order valence-electron chi connectivity index (χ2n) is 11.9. The van der Waals surface area contributed by atoms with E-state index in [0.29, 0.717) is 92.8 Å². The van der Waals surface area contributed by atoms with E-state index >= 15 is 0 Å². The van der Waals surface area contributed by atoms with Crippen molar-refractivity contribution in [2.24, 2.45) is 5.92 Å². The van der Waals surface area contributed by atoms with Crippen molar-refractivity contribution in [3.8, 4) is 0 Å². The quantitative estimate of drug-likeness (QED) is 0.318. The van der Waals surface area contributed by atoms with Gasteiger partial charge in [-0.1, -0.05) is 23.2 Å². The number of sulfonamides is 2. The lowest BCUT2D eigenvalue weighted by Crippen LogP contribution is -2.45. The van der Waals surface area contributed by atoms with Crippen LogP contribution in [0, 0.1) is 5.92 Å². The number of sulfone groups is 1. The smallest absolute Gasteiger partial charge is 0.232 e. The van der Waals surface area contributed by atoms with Crippen molar-refractivity contribution < 1.29 is 30.0 Å². The largest absolute Gasteiger partial charge is 0.312 e. The molecule has 0 aliphatic carbocycles. The molecule has 16 heteroatoms. The van der Waals surface area contributed by atoms with Crippen molar-refractivity contribution in [1.29, 1.82) is 0 Å². The Bertz CT molecular complexity index is 1710. The van der Waals surface area contributed by atoms with Gasteiger partial charge in [-0.15, -0.1) is 0 Å². The molecule has 0 radical (unpaired) electrons. The zero-order chi connectivity index (χ0) is 33.9. The molecule has 256 valence electrons. The van der Waals surface area contributed by atoms with E-state index in [0.717, 1.165) is 6.26 Å². The minimum atomic E-state index is -3.60. The zero-order valence-electron chi connectivity index (χ0n) is 26.3. The van der Waals surface area contributed by atoms with E-state index in [4.69, 9.17) is 23.2 Å². The Balaban J connectivity index is 1.35. The van der Waals surface area contributed by atoms with Crippen LogP contribution in [-0.4, -0.2) is 104 Å². The number of piperidine rings is 2. The number of carbonyl (C=O) groups is 1. The van der Waals surface area contributed by atoms with Gasteiger partial charge in [0.2, 0.25) is 26.0 Å². The molecule has 0 bridgehead atoms. The molecule has 0 spiro atoms. The molecule has 1 amide bonds. The Labute approximate surface area is 283 Å². The van der Waals surface area contributed by atoms with Crippen LogP contribution in [0.2, 0.25) is 10.0 Å². The maximum atomic E-state index is 13.7. The summed E-state index contributed by atoms with van der Waals surface area (Å²) >= 11 is 12.4. The van der Waals surface area contributed by atoms with Crippen LogP contribution < -0.4 is 9.21 Å². The third-order valence-electron chi connectivity index (χ3n) is 8.72. The highest BCUT2D eigenvalue weighted by Gasteiger charge is 2.34. The Kier molecular flexibility index (Phi) is 12.1. The third kappa shape index (κ3) is 8.94. The van der Waals surface area contributed by atoms with Gasteiger partial charge in [0.15, 0.2) is 9.84 Å². The van der Waals surface area contributed by atoms with Crippen LogP contribution in [0.15, 0.2) is 47.4 Å². The van der Waals surface area contributed by atoms with Gasteiger partial charge in [0.25, 0.3) is 0 Å². The molecule has 2 heterocycles. The van der Waals surface area contributed by atoms with E-state index in [1.807, 2.05) is 0 Å². The zero-order valence-corrected chi connectivity index (χ0v) is 30.3. The van der Waals surface area contributed by atoms with Gasteiger partial charge in [-0.2, -0.15) is 0 Å². The summed E-state index contributed by atoms with van der Waals surface area (Å²) in [7, 11) is -10.4. The minimum Gasteiger partial charge on any atom is -0.312 e. The highest BCUT2D eigenvalue weighted by Crippen LogP contribution is 2.31. The van der Waals surface area contributed by atoms with Gasteiger partial charge in [0.05, 0.1) is 38.4 Å². The third-order valence-corrected chi connectivity index (χ3v) is 14.3. The van der Waals surface area contributed by atoms with Gasteiger partial charge in [-0.25, -0.2) is 29.6 Å². The fourth-order valence-corrected chi connectivity index (χ4v) is 10.0. The van der Waals surface area contributed by atoms with Gasteiger partial charge in [0.1, 0.15) is 0 Å². The maximum absolute atomic E-state index is 13.7. The lowest BCUT2D eigenvalue weighted by atomic mass is 9.96. The highest BCUT2D eigenvalue weighted by molar-refractivity contribution is 7.92. The average molecular weight is 738 g/mol. The molecule has 46 heavy (non-hydrogen) atoms. The fourth-order valence-electron chi connectivity index (χ4n) is 6.17. The number of nitrogens with zero attached hydrogens (tertiary/aromatic N) is 4. The van der Waals surface area contributed by atoms with Crippen LogP contribution in [0.3, 0.4) is 0 Å². The van der Waals surface area contributed by atoms with Crippen molar-refractivity contribution in [1.82, 2.24) is 9.21 Å². The molecule has 2 fully saturated rings. The van der Waals surface area contributed by atoms with Gasteiger partial charge < -0.3 is 9.80 Å². The van der Waals surface area contributed by atoms with Crippen LogP contribution in [0.1, 0.15) is 39.0 Å². The van der Waals surface area contributed by atoms with Crippen molar-refractivity contribution in [3.05, 3.63) is 52.5 Å². The standard InChI is InChI=1S/C30H42Cl2N4O7S3/c1-4-36(45(3,40)41)24-6-9-26(10-7-24)46(42,43)27-14-18-33(19-15-27)16-5-17-35(25-8-11-28(31)29(32)22-25)30(37)23-12-20-34(21-13-23)44(2,38)39/h6-11,22-23,27H,4-5,12-21H2,1-3H3. The lowest BCUT2D eigenvalue weighted by Gasteiger charge is -2.34. The molecule has 2 saturated heterocycles. The van der Waals surface area contributed by atoms with Crippen molar-refractivity contribution in [3.63, 3.8) is 0 Å². The molecule has 0 unspecified atom stereocenters. The Hall–Kier alpha value is -1.94. The van der Waals surface area contributed by atoms with E-state index in [9.17, 15) is 30.0 Å². The molecular weight excluding hydrogens is 695 g/mol. The first-order valence-electron chi connectivity index (χ1n) is 15.3. The number of likely N-dealkylation sites (tertiary alicyclic amines) is 1. The molecule has 0 N–H and O–H groups in total. The Morgan fingerprint density at radius 2 is 1.41 bits per heavy atom.